The molecule has 0 spiro atoms. The van der Waals surface area contributed by atoms with Crippen molar-refractivity contribution < 1.29 is 22.3 Å². The molecule has 2 aliphatic carbocycles. The standard InChI is InChI=1S/C17H14N2O5S/c18-24-25(22,23)10-7-13-15(14(8-10)19-9-5-6-9)17(21)12-4-2-1-3-11(12)16(13)20/h1-4,7-9,19H,5-6,18H2. The predicted octanol–water partition coefficient (Wildman–Crippen LogP) is 1.62. The topological polar surface area (TPSA) is 116 Å². The minimum atomic E-state index is -4.21. The van der Waals surface area contributed by atoms with Gasteiger partial charge in [0.15, 0.2) is 11.6 Å². The third-order valence-corrected chi connectivity index (χ3v) is 5.42. The Hall–Kier alpha value is -2.55. The second-order valence-electron chi connectivity index (χ2n) is 6.07. The molecule has 1 fully saturated rings. The number of nitrogens with two attached hydrogens (primary N) is 1. The first-order valence-corrected chi connectivity index (χ1v) is 9.09. The van der Waals surface area contributed by atoms with Gasteiger partial charge in [0.2, 0.25) is 0 Å². The molecule has 0 heterocycles. The van der Waals surface area contributed by atoms with Crippen LogP contribution in [-0.4, -0.2) is 26.0 Å². The smallest absolute Gasteiger partial charge is 0.312 e. The van der Waals surface area contributed by atoms with Gasteiger partial charge in [0.05, 0.1) is 10.5 Å². The second-order valence-corrected chi connectivity index (χ2v) is 7.64. The molecule has 25 heavy (non-hydrogen) atoms. The number of benzene rings is 2. The number of ketones is 2. The van der Waals surface area contributed by atoms with Crippen LogP contribution in [0.2, 0.25) is 0 Å². The average Bonchev–Trinajstić information content (AvgIpc) is 3.43. The van der Waals surface area contributed by atoms with Crippen molar-refractivity contribution in [3.63, 3.8) is 0 Å². The van der Waals surface area contributed by atoms with E-state index in [1.807, 2.05) is 0 Å². The van der Waals surface area contributed by atoms with Crippen LogP contribution in [0.15, 0.2) is 41.3 Å². The summed E-state index contributed by atoms with van der Waals surface area (Å²) < 4.78 is 28.1. The Morgan fingerprint density at radius 3 is 2.24 bits per heavy atom. The molecule has 0 saturated heterocycles. The van der Waals surface area contributed by atoms with Crippen molar-refractivity contribution in [2.75, 3.05) is 5.32 Å². The second kappa shape index (κ2) is 5.48. The summed E-state index contributed by atoms with van der Waals surface area (Å²) in [6.45, 7) is 0. The molecule has 2 aromatic carbocycles. The number of anilines is 1. The lowest BCUT2D eigenvalue weighted by atomic mass is 9.83. The van der Waals surface area contributed by atoms with E-state index in [1.165, 1.54) is 6.07 Å². The van der Waals surface area contributed by atoms with Gasteiger partial charge in [0.25, 0.3) is 0 Å². The maximum absolute atomic E-state index is 12.9. The fourth-order valence-corrected chi connectivity index (χ4v) is 3.59. The molecule has 3 N–H and O–H groups in total. The van der Waals surface area contributed by atoms with E-state index in [4.69, 9.17) is 5.90 Å². The van der Waals surface area contributed by atoms with E-state index in [1.54, 1.807) is 24.3 Å². The van der Waals surface area contributed by atoms with Gasteiger partial charge in [-0.05, 0) is 25.0 Å². The summed E-state index contributed by atoms with van der Waals surface area (Å²) >= 11 is 0. The fourth-order valence-electron chi connectivity index (χ4n) is 2.96. The van der Waals surface area contributed by atoms with Crippen molar-refractivity contribution >= 4 is 27.4 Å². The molecule has 0 bridgehead atoms. The molecule has 7 nitrogen and oxygen atoms in total. The van der Waals surface area contributed by atoms with Crippen molar-refractivity contribution in [1.82, 2.24) is 0 Å². The maximum Gasteiger partial charge on any atom is 0.312 e. The number of hydrogen-bond acceptors (Lipinski definition) is 7. The first-order chi connectivity index (χ1) is 11.9. The SMILES string of the molecule is NOS(=O)(=O)c1cc(NC2CC2)c2c(c1)C(=O)c1ccccc1C2=O. The van der Waals surface area contributed by atoms with Gasteiger partial charge < -0.3 is 5.32 Å². The Labute approximate surface area is 143 Å². The minimum absolute atomic E-state index is 0.0324. The van der Waals surface area contributed by atoms with Crippen molar-refractivity contribution in [3.8, 4) is 0 Å². The van der Waals surface area contributed by atoms with Crippen LogP contribution >= 0.6 is 0 Å². The van der Waals surface area contributed by atoms with E-state index < -0.39 is 15.9 Å². The third-order valence-electron chi connectivity index (χ3n) is 4.35. The van der Waals surface area contributed by atoms with Crippen LogP contribution in [0.25, 0.3) is 0 Å². The zero-order chi connectivity index (χ0) is 17.8. The van der Waals surface area contributed by atoms with Gasteiger partial charge in [-0.1, -0.05) is 24.3 Å². The van der Waals surface area contributed by atoms with Crippen molar-refractivity contribution in [2.24, 2.45) is 5.90 Å². The van der Waals surface area contributed by atoms with Gasteiger partial charge in [-0.15, -0.1) is 0 Å². The lowest BCUT2D eigenvalue weighted by molar-refractivity contribution is 0.0979. The molecule has 0 aromatic heterocycles. The normalized spacial score (nSPS) is 16.4. The first-order valence-electron chi connectivity index (χ1n) is 7.69. The van der Waals surface area contributed by atoms with Gasteiger partial charge in [-0.3, -0.25) is 9.59 Å². The minimum Gasteiger partial charge on any atom is -0.382 e. The monoisotopic (exact) mass is 358 g/mol. The van der Waals surface area contributed by atoms with Crippen LogP contribution < -0.4 is 11.2 Å². The van der Waals surface area contributed by atoms with Crippen molar-refractivity contribution in [3.05, 3.63) is 58.7 Å². The summed E-state index contributed by atoms with van der Waals surface area (Å²) in [5.74, 6) is 4.14. The molecular weight excluding hydrogens is 344 g/mol. The summed E-state index contributed by atoms with van der Waals surface area (Å²) in [5, 5.41) is 3.13. The van der Waals surface area contributed by atoms with Gasteiger partial charge in [-0.2, -0.15) is 18.6 Å². The molecule has 2 aromatic rings. The number of rotatable bonds is 4. The van der Waals surface area contributed by atoms with Crippen LogP contribution in [0.1, 0.15) is 44.7 Å². The van der Waals surface area contributed by atoms with E-state index >= 15 is 0 Å². The summed E-state index contributed by atoms with van der Waals surface area (Å²) in [6.07, 6.45) is 1.83. The number of nitrogens with one attached hydrogen (secondary N) is 1. The molecule has 4 rings (SSSR count). The Bertz CT molecular complexity index is 1030. The summed E-state index contributed by atoms with van der Waals surface area (Å²) in [5.41, 5.74) is 1.09. The molecule has 1 saturated carbocycles. The number of carbonyl (C=O) groups excluding carboxylic acids is 2. The largest absolute Gasteiger partial charge is 0.382 e. The van der Waals surface area contributed by atoms with Gasteiger partial charge in [0, 0.05) is 28.4 Å². The molecule has 128 valence electrons. The molecule has 0 radical (unpaired) electrons. The molecule has 2 aliphatic rings. The Morgan fingerprint density at radius 2 is 1.64 bits per heavy atom. The highest BCUT2D eigenvalue weighted by Crippen LogP contribution is 2.36. The maximum atomic E-state index is 12.9. The van der Waals surface area contributed by atoms with Crippen LogP contribution in [0, 0.1) is 0 Å². The fraction of sp³-hybridized carbons (Fsp3) is 0.176. The first kappa shape index (κ1) is 15.9. The highest BCUT2D eigenvalue weighted by atomic mass is 32.2. The summed E-state index contributed by atoms with van der Waals surface area (Å²) in [4.78, 5) is 25.5. The van der Waals surface area contributed by atoms with Gasteiger partial charge >= 0.3 is 10.1 Å². The zero-order valence-corrected chi connectivity index (χ0v) is 13.8. The Morgan fingerprint density at radius 1 is 1.00 bits per heavy atom. The molecule has 8 heteroatoms. The Kier molecular flexibility index (Phi) is 3.50. The van der Waals surface area contributed by atoms with E-state index in [-0.39, 0.29) is 33.4 Å². The van der Waals surface area contributed by atoms with Crippen LogP contribution in [0.3, 0.4) is 0 Å². The van der Waals surface area contributed by atoms with Crippen LogP contribution in [0.4, 0.5) is 5.69 Å². The quantitative estimate of drug-likeness (QED) is 0.681. The Balaban J connectivity index is 1.98. The number of carbonyl (C=O) groups is 2. The third kappa shape index (κ3) is 2.55. The van der Waals surface area contributed by atoms with Gasteiger partial charge in [0.1, 0.15) is 0 Å². The van der Waals surface area contributed by atoms with E-state index in [0.29, 0.717) is 11.3 Å². The van der Waals surface area contributed by atoms with E-state index in [2.05, 4.69) is 9.60 Å². The lowest BCUT2D eigenvalue weighted by Crippen LogP contribution is -2.24. The van der Waals surface area contributed by atoms with Crippen molar-refractivity contribution in [1.29, 1.82) is 0 Å². The highest BCUT2D eigenvalue weighted by molar-refractivity contribution is 7.86. The van der Waals surface area contributed by atoms with Crippen molar-refractivity contribution in [2.45, 2.75) is 23.8 Å². The molecule has 0 unspecified atom stereocenters. The number of hydrogen-bond donors (Lipinski definition) is 2. The van der Waals surface area contributed by atoms with Crippen LogP contribution in [-0.2, 0) is 14.4 Å². The van der Waals surface area contributed by atoms with Gasteiger partial charge in [-0.25, -0.2) is 0 Å². The molecular formula is C17H14N2O5S. The molecule has 0 aliphatic heterocycles. The predicted molar refractivity (Wildman–Crippen MR) is 88.9 cm³/mol. The summed E-state index contributed by atoms with van der Waals surface area (Å²) in [6, 6.07) is 9.07. The van der Waals surface area contributed by atoms with E-state index in [0.717, 1.165) is 18.9 Å². The summed E-state index contributed by atoms with van der Waals surface area (Å²) in [7, 11) is -4.21. The highest BCUT2D eigenvalue weighted by Gasteiger charge is 2.35. The lowest BCUT2D eigenvalue weighted by Gasteiger charge is -2.21. The number of fused-ring (bicyclic) bond motifs is 2. The zero-order valence-electron chi connectivity index (χ0n) is 13.0. The molecule has 0 atom stereocenters. The van der Waals surface area contributed by atoms with E-state index in [9.17, 15) is 18.0 Å². The van der Waals surface area contributed by atoms with Crippen LogP contribution in [0.5, 0.6) is 0 Å². The molecule has 0 amide bonds. The average molecular weight is 358 g/mol.